The van der Waals surface area contributed by atoms with E-state index in [-0.39, 0.29) is 5.91 Å². The van der Waals surface area contributed by atoms with Crippen LogP contribution in [0.3, 0.4) is 0 Å². The van der Waals surface area contributed by atoms with Crippen LogP contribution in [0.2, 0.25) is 0 Å². The molecule has 2 atom stereocenters. The maximum absolute atomic E-state index is 12.4. The number of hydrogen-bond acceptors (Lipinski definition) is 3. The second kappa shape index (κ2) is 4.88. The molecule has 0 saturated carbocycles. The van der Waals surface area contributed by atoms with Gasteiger partial charge in [-0.25, -0.2) is 0 Å². The maximum atomic E-state index is 12.4. The van der Waals surface area contributed by atoms with Crippen molar-refractivity contribution in [1.82, 2.24) is 4.90 Å². The van der Waals surface area contributed by atoms with Crippen LogP contribution >= 0.6 is 0 Å². The van der Waals surface area contributed by atoms with Gasteiger partial charge in [0.05, 0.1) is 12.8 Å². The summed E-state index contributed by atoms with van der Waals surface area (Å²) >= 11 is 0. The summed E-state index contributed by atoms with van der Waals surface area (Å²) in [5.74, 6) is 1.23. The number of benzene rings is 1. The standard InChI is InChI=1S/C14H20N2O2/c1-9-6-10(2)16(8-9)14(17)11-4-5-13(18-3)12(15)7-11/h4-5,7,9-10H,6,8,15H2,1-3H3. The number of likely N-dealkylation sites (tertiary alicyclic amines) is 1. The Kier molecular flexibility index (Phi) is 3.45. The minimum atomic E-state index is 0.0567. The average molecular weight is 248 g/mol. The quantitative estimate of drug-likeness (QED) is 0.816. The van der Waals surface area contributed by atoms with Crippen LogP contribution < -0.4 is 10.5 Å². The lowest BCUT2D eigenvalue weighted by Gasteiger charge is -2.21. The minimum absolute atomic E-state index is 0.0567. The molecule has 18 heavy (non-hydrogen) atoms. The number of carbonyl (C=O) groups is 1. The summed E-state index contributed by atoms with van der Waals surface area (Å²) in [7, 11) is 1.57. The summed E-state index contributed by atoms with van der Waals surface area (Å²) in [6.45, 7) is 5.09. The van der Waals surface area contributed by atoms with E-state index in [1.807, 2.05) is 4.90 Å². The molecule has 1 saturated heterocycles. The summed E-state index contributed by atoms with van der Waals surface area (Å²) in [6.07, 6.45) is 1.07. The zero-order valence-electron chi connectivity index (χ0n) is 11.1. The van der Waals surface area contributed by atoms with Crippen LogP contribution in [0.4, 0.5) is 5.69 Å². The van der Waals surface area contributed by atoms with Crippen molar-refractivity contribution in [2.75, 3.05) is 19.4 Å². The Morgan fingerprint density at radius 2 is 2.17 bits per heavy atom. The predicted molar refractivity (Wildman–Crippen MR) is 71.7 cm³/mol. The SMILES string of the molecule is COc1ccc(C(=O)N2CC(C)CC2C)cc1N. The molecule has 1 amide bonds. The smallest absolute Gasteiger partial charge is 0.254 e. The molecule has 1 heterocycles. The fraction of sp³-hybridized carbons (Fsp3) is 0.500. The van der Waals surface area contributed by atoms with Gasteiger partial charge in [-0.1, -0.05) is 6.92 Å². The Morgan fingerprint density at radius 3 is 2.67 bits per heavy atom. The van der Waals surface area contributed by atoms with Crippen LogP contribution in [0.15, 0.2) is 18.2 Å². The van der Waals surface area contributed by atoms with Crippen molar-refractivity contribution in [1.29, 1.82) is 0 Å². The molecule has 0 bridgehead atoms. The Hall–Kier alpha value is -1.71. The Labute approximate surface area is 108 Å². The van der Waals surface area contributed by atoms with Crippen LogP contribution in [-0.4, -0.2) is 30.5 Å². The Bertz CT molecular complexity index is 459. The molecule has 2 unspecified atom stereocenters. The van der Waals surface area contributed by atoms with Gasteiger partial charge >= 0.3 is 0 Å². The largest absolute Gasteiger partial charge is 0.495 e. The van der Waals surface area contributed by atoms with E-state index in [0.717, 1.165) is 13.0 Å². The van der Waals surface area contributed by atoms with Crippen molar-refractivity contribution in [3.05, 3.63) is 23.8 Å². The lowest BCUT2D eigenvalue weighted by molar-refractivity contribution is 0.0744. The number of ether oxygens (including phenoxy) is 1. The molecule has 0 radical (unpaired) electrons. The van der Waals surface area contributed by atoms with E-state index >= 15 is 0 Å². The molecule has 1 aliphatic heterocycles. The van der Waals surface area contributed by atoms with Gasteiger partial charge < -0.3 is 15.4 Å². The van der Waals surface area contributed by atoms with Crippen LogP contribution in [0, 0.1) is 5.92 Å². The highest BCUT2D eigenvalue weighted by Gasteiger charge is 2.30. The van der Waals surface area contributed by atoms with Gasteiger partial charge in [0.25, 0.3) is 5.91 Å². The van der Waals surface area contributed by atoms with E-state index in [1.54, 1.807) is 25.3 Å². The van der Waals surface area contributed by atoms with Crippen LogP contribution in [-0.2, 0) is 0 Å². The topological polar surface area (TPSA) is 55.6 Å². The van der Waals surface area contributed by atoms with E-state index in [2.05, 4.69) is 13.8 Å². The van der Waals surface area contributed by atoms with Gasteiger partial charge in [-0.2, -0.15) is 0 Å². The van der Waals surface area contributed by atoms with E-state index in [0.29, 0.717) is 29.0 Å². The van der Waals surface area contributed by atoms with Gasteiger partial charge in [0.15, 0.2) is 0 Å². The fourth-order valence-electron chi connectivity index (χ4n) is 2.62. The lowest BCUT2D eigenvalue weighted by Crippen LogP contribution is -2.33. The molecule has 98 valence electrons. The molecule has 0 aromatic heterocycles. The number of hydrogen-bond donors (Lipinski definition) is 1. The predicted octanol–water partition coefficient (Wildman–Crippen LogP) is 2.15. The van der Waals surface area contributed by atoms with Crippen molar-refractivity contribution in [2.45, 2.75) is 26.3 Å². The first-order chi connectivity index (χ1) is 8.52. The highest BCUT2D eigenvalue weighted by molar-refractivity contribution is 5.95. The second-order valence-electron chi connectivity index (χ2n) is 5.10. The number of nitrogens with zero attached hydrogens (tertiary/aromatic N) is 1. The monoisotopic (exact) mass is 248 g/mol. The van der Waals surface area contributed by atoms with E-state index in [1.165, 1.54) is 0 Å². The van der Waals surface area contributed by atoms with Crippen molar-refractivity contribution in [3.8, 4) is 5.75 Å². The zero-order chi connectivity index (χ0) is 13.3. The minimum Gasteiger partial charge on any atom is -0.495 e. The number of nitrogen functional groups attached to an aromatic ring is 1. The molecule has 1 aromatic carbocycles. The lowest BCUT2D eigenvalue weighted by atomic mass is 10.1. The second-order valence-corrected chi connectivity index (χ2v) is 5.10. The molecule has 1 aromatic rings. The average Bonchev–Trinajstić information content (AvgIpc) is 2.67. The summed E-state index contributed by atoms with van der Waals surface area (Å²) in [6, 6.07) is 5.51. The highest BCUT2D eigenvalue weighted by atomic mass is 16.5. The third-order valence-corrected chi connectivity index (χ3v) is 3.52. The van der Waals surface area contributed by atoms with Gasteiger partial charge in [-0.3, -0.25) is 4.79 Å². The molecule has 2 N–H and O–H groups in total. The first kappa shape index (κ1) is 12.7. The van der Waals surface area contributed by atoms with Gasteiger partial charge in [-0.05, 0) is 37.5 Å². The molecule has 4 heteroatoms. The Balaban J connectivity index is 2.21. The molecule has 0 aliphatic carbocycles. The fourth-order valence-corrected chi connectivity index (χ4v) is 2.62. The van der Waals surface area contributed by atoms with Crippen molar-refractivity contribution < 1.29 is 9.53 Å². The number of nitrogens with two attached hydrogens (primary N) is 1. The molecular formula is C14H20N2O2. The van der Waals surface area contributed by atoms with Crippen molar-refractivity contribution >= 4 is 11.6 Å². The summed E-state index contributed by atoms with van der Waals surface area (Å²) in [5, 5.41) is 0. The van der Waals surface area contributed by atoms with Crippen LogP contribution in [0.1, 0.15) is 30.6 Å². The van der Waals surface area contributed by atoms with Crippen molar-refractivity contribution in [2.24, 2.45) is 5.92 Å². The van der Waals surface area contributed by atoms with E-state index in [4.69, 9.17) is 10.5 Å². The molecule has 1 aliphatic rings. The van der Waals surface area contributed by atoms with E-state index < -0.39 is 0 Å². The molecule has 2 rings (SSSR count). The maximum Gasteiger partial charge on any atom is 0.254 e. The molecule has 1 fully saturated rings. The third kappa shape index (κ3) is 2.28. The first-order valence-corrected chi connectivity index (χ1v) is 6.27. The molecule has 4 nitrogen and oxygen atoms in total. The van der Waals surface area contributed by atoms with Crippen molar-refractivity contribution in [3.63, 3.8) is 0 Å². The molecule has 0 spiro atoms. The summed E-state index contributed by atoms with van der Waals surface area (Å²) < 4.78 is 5.09. The summed E-state index contributed by atoms with van der Waals surface area (Å²) in [5.41, 5.74) is 6.97. The van der Waals surface area contributed by atoms with Gasteiger partial charge in [0.1, 0.15) is 5.75 Å². The van der Waals surface area contributed by atoms with Crippen LogP contribution in [0.25, 0.3) is 0 Å². The third-order valence-electron chi connectivity index (χ3n) is 3.52. The van der Waals surface area contributed by atoms with Gasteiger partial charge in [-0.15, -0.1) is 0 Å². The van der Waals surface area contributed by atoms with Crippen LogP contribution in [0.5, 0.6) is 5.75 Å². The highest BCUT2D eigenvalue weighted by Crippen LogP contribution is 2.27. The van der Waals surface area contributed by atoms with Gasteiger partial charge in [0.2, 0.25) is 0 Å². The van der Waals surface area contributed by atoms with E-state index in [9.17, 15) is 4.79 Å². The van der Waals surface area contributed by atoms with Gasteiger partial charge in [0, 0.05) is 18.2 Å². The summed E-state index contributed by atoms with van der Waals surface area (Å²) in [4.78, 5) is 14.3. The number of amides is 1. The Morgan fingerprint density at radius 1 is 1.44 bits per heavy atom. The first-order valence-electron chi connectivity index (χ1n) is 6.27. The number of carbonyl (C=O) groups excluding carboxylic acids is 1. The normalized spacial score (nSPS) is 23.2. The number of rotatable bonds is 2. The molecular weight excluding hydrogens is 228 g/mol. The zero-order valence-corrected chi connectivity index (χ0v) is 11.1. The number of anilines is 1. The number of methoxy groups -OCH3 is 1.